The number of anilines is 1. The lowest BCUT2D eigenvalue weighted by atomic mass is 10.1. The minimum atomic E-state index is -5.47. The standard InChI is InChI=1S/C11H9F6NO3/c12-10(13,14)6-2-1-3-7(4-6)18-8(19)5-9(20,21)11(15,16)17/h1-4,20-21H,5H2,(H,18,19). The molecule has 0 aliphatic heterocycles. The average Bonchev–Trinajstić information content (AvgIpc) is 2.25. The van der Waals surface area contributed by atoms with E-state index >= 15 is 0 Å². The molecule has 10 heteroatoms. The number of hydrogen-bond acceptors (Lipinski definition) is 3. The van der Waals surface area contributed by atoms with Gasteiger partial charge in [-0.05, 0) is 18.2 Å². The van der Waals surface area contributed by atoms with Gasteiger partial charge in [-0.3, -0.25) is 4.79 Å². The van der Waals surface area contributed by atoms with E-state index in [0.29, 0.717) is 12.1 Å². The highest BCUT2D eigenvalue weighted by Crippen LogP contribution is 2.32. The Labute approximate surface area is 114 Å². The summed E-state index contributed by atoms with van der Waals surface area (Å²) in [5, 5.41) is 19.1. The van der Waals surface area contributed by atoms with Crippen molar-refractivity contribution in [2.45, 2.75) is 24.6 Å². The molecule has 1 rings (SSSR count). The maximum Gasteiger partial charge on any atom is 0.443 e. The van der Waals surface area contributed by atoms with Crippen LogP contribution in [0.1, 0.15) is 12.0 Å². The Bertz CT molecular complexity index is 523. The van der Waals surface area contributed by atoms with Gasteiger partial charge in [0.2, 0.25) is 5.91 Å². The van der Waals surface area contributed by atoms with E-state index in [-0.39, 0.29) is 0 Å². The summed E-state index contributed by atoms with van der Waals surface area (Å²) in [5.74, 6) is -5.77. The number of halogens is 6. The second-order valence-corrected chi connectivity index (χ2v) is 4.12. The molecule has 0 heterocycles. The molecule has 1 aromatic rings. The fourth-order valence-electron chi connectivity index (χ4n) is 1.30. The third-order valence-corrected chi connectivity index (χ3v) is 2.33. The van der Waals surface area contributed by atoms with Crippen LogP contribution in [0.3, 0.4) is 0 Å². The fourth-order valence-corrected chi connectivity index (χ4v) is 1.30. The van der Waals surface area contributed by atoms with Gasteiger partial charge >= 0.3 is 12.4 Å². The summed E-state index contributed by atoms with van der Waals surface area (Å²) in [6.45, 7) is 0. The van der Waals surface area contributed by atoms with Crippen LogP contribution < -0.4 is 5.32 Å². The molecule has 0 atom stereocenters. The Kier molecular flexibility index (Phi) is 4.54. The van der Waals surface area contributed by atoms with Crippen LogP contribution in [-0.4, -0.2) is 28.1 Å². The molecule has 0 aliphatic carbocycles. The maximum absolute atomic E-state index is 12.4. The molecule has 0 aromatic heterocycles. The molecule has 0 spiro atoms. The van der Waals surface area contributed by atoms with E-state index in [0.717, 1.165) is 12.1 Å². The first-order valence-electron chi connectivity index (χ1n) is 5.31. The largest absolute Gasteiger partial charge is 0.443 e. The van der Waals surface area contributed by atoms with E-state index < -0.39 is 41.7 Å². The average molecular weight is 317 g/mol. The lowest BCUT2D eigenvalue weighted by Crippen LogP contribution is -2.47. The Hall–Kier alpha value is -1.81. The molecule has 0 aliphatic rings. The number of alkyl halides is 6. The molecule has 0 fully saturated rings. The molecule has 4 nitrogen and oxygen atoms in total. The van der Waals surface area contributed by atoms with E-state index in [1.54, 1.807) is 5.32 Å². The highest BCUT2D eigenvalue weighted by atomic mass is 19.4. The second-order valence-electron chi connectivity index (χ2n) is 4.12. The molecule has 21 heavy (non-hydrogen) atoms. The van der Waals surface area contributed by atoms with E-state index in [1.807, 2.05) is 0 Å². The zero-order valence-electron chi connectivity index (χ0n) is 10.1. The summed E-state index contributed by atoms with van der Waals surface area (Å²) in [5.41, 5.74) is -1.54. The molecule has 0 unspecified atom stereocenters. The van der Waals surface area contributed by atoms with Crippen molar-refractivity contribution in [3.63, 3.8) is 0 Å². The molecular weight excluding hydrogens is 308 g/mol. The summed E-state index contributed by atoms with van der Waals surface area (Å²) in [6, 6.07) is 3.15. The first-order valence-corrected chi connectivity index (χ1v) is 5.31. The van der Waals surface area contributed by atoms with Crippen LogP contribution in [-0.2, 0) is 11.0 Å². The van der Waals surface area contributed by atoms with Crippen molar-refractivity contribution in [1.82, 2.24) is 0 Å². The van der Waals surface area contributed by atoms with Crippen LogP contribution in [0.15, 0.2) is 24.3 Å². The van der Waals surface area contributed by atoms with Gasteiger partial charge in [0, 0.05) is 5.69 Å². The van der Waals surface area contributed by atoms with E-state index in [9.17, 15) is 31.1 Å². The smallest absolute Gasteiger partial charge is 0.358 e. The molecule has 1 aromatic carbocycles. The number of rotatable bonds is 3. The van der Waals surface area contributed by atoms with Crippen LogP contribution >= 0.6 is 0 Å². The molecule has 0 radical (unpaired) electrons. The van der Waals surface area contributed by atoms with Crippen LogP contribution in [0.5, 0.6) is 0 Å². The van der Waals surface area contributed by atoms with Gasteiger partial charge in [0.15, 0.2) is 0 Å². The van der Waals surface area contributed by atoms with E-state index in [4.69, 9.17) is 10.2 Å². The maximum atomic E-state index is 12.4. The third-order valence-electron chi connectivity index (χ3n) is 2.33. The monoisotopic (exact) mass is 317 g/mol. The fraction of sp³-hybridized carbons (Fsp3) is 0.364. The quantitative estimate of drug-likeness (QED) is 0.592. The number of amides is 1. The molecule has 0 saturated heterocycles. The zero-order chi connectivity index (χ0) is 16.5. The van der Waals surface area contributed by atoms with Gasteiger partial charge in [-0.15, -0.1) is 0 Å². The highest BCUT2D eigenvalue weighted by molar-refractivity contribution is 5.91. The van der Waals surface area contributed by atoms with Gasteiger partial charge in [0.25, 0.3) is 5.79 Å². The van der Waals surface area contributed by atoms with Crippen molar-refractivity contribution in [2.75, 3.05) is 5.32 Å². The number of aliphatic hydroxyl groups is 2. The second kappa shape index (κ2) is 5.53. The van der Waals surface area contributed by atoms with Gasteiger partial charge in [0.1, 0.15) is 0 Å². The molecule has 0 saturated carbocycles. The molecular formula is C11H9F6NO3. The van der Waals surface area contributed by atoms with Crippen molar-refractivity contribution in [1.29, 1.82) is 0 Å². The van der Waals surface area contributed by atoms with E-state index in [1.165, 1.54) is 0 Å². The Morgan fingerprint density at radius 1 is 1.10 bits per heavy atom. The predicted octanol–water partition coefficient (Wildman–Crippen LogP) is 2.28. The zero-order valence-corrected chi connectivity index (χ0v) is 10.1. The minimum Gasteiger partial charge on any atom is -0.358 e. The van der Waals surface area contributed by atoms with Crippen LogP contribution in [0, 0.1) is 0 Å². The minimum absolute atomic E-state index is 0.423. The topological polar surface area (TPSA) is 69.6 Å². The van der Waals surface area contributed by atoms with Crippen molar-refractivity contribution in [3.8, 4) is 0 Å². The summed E-state index contributed by atoms with van der Waals surface area (Å²) in [4.78, 5) is 11.2. The van der Waals surface area contributed by atoms with Crippen molar-refractivity contribution < 1.29 is 41.4 Å². The van der Waals surface area contributed by atoms with Crippen LogP contribution in [0.25, 0.3) is 0 Å². The molecule has 0 bridgehead atoms. The van der Waals surface area contributed by atoms with Crippen LogP contribution in [0.4, 0.5) is 32.0 Å². The van der Waals surface area contributed by atoms with Gasteiger partial charge in [0.05, 0.1) is 12.0 Å². The van der Waals surface area contributed by atoms with Gasteiger partial charge in [-0.1, -0.05) is 6.07 Å². The highest BCUT2D eigenvalue weighted by Gasteiger charge is 2.54. The molecule has 1 amide bonds. The van der Waals surface area contributed by atoms with Gasteiger partial charge < -0.3 is 15.5 Å². The Balaban J connectivity index is 2.81. The van der Waals surface area contributed by atoms with Crippen molar-refractivity contribution in [3.05, 3.63) is 29.8 Å². The van der Waals surface area contributed by atoms with E-state index in [2.05, 4.69) is 0 Å². The number of carbonyl (C=O) groups is 1. The number of nitrogens with one attached hydrogen (secondary N) is 1. The first kappa shape index (κ1) is 17.2. The summed E-state index contributed by atoms with van der Waals surface area (Å²) < 4.78 is 73.5. The first-order chi connectivity index (χ1) is 9.33. The normalized spacial score (nSPS) is 13.1. The third kappa shape index (κ3) is 4.60. The molecule has 118 valence electrons. The SMILES string of the molecule is O=C(CC(O)(O)C(F)(F)F)Nc1cccc(C(F)(F)F)c1. The van der Waals surface area contributed by atoms with Crippen molar-refractivity contribution >= 4 is 11.6 Å². The lowest BCUT2D eigenvalue weighted by molar-refractivity contribution is -0.347. The summed E-state index contributed by atoms with van der Waals surface area (Å²) in [7, 11) is 0. The number of carbonyl (C=O) groups excluding carboxylic acids is 1. The van der Waals surface area contributed by atoms with Gasteiger partial charge in [-0.2, -0.15) is 26.3 Å². The summed E-state index contributed by atoms with van der Waals surface area (Å²) >= 11 is 0. The number of hydrogen-bond donors (Lipinski definition) is 3. The Morgan fingerprint density at radius 3 is 2.14 bits per heavy atom. The van der Waals surface area contributed by atoms with Gasteiger partial charge in [-0.25, -0.2) is 0 Å². The summed E-state index contributed by atoms with van der Waals surface area (Å²) in [6.07, 6.45) is -11.9. The van der Waals surface area contributed by atoms with Crippen molar-refractivity contribution in [2.24, 2.45) is 0 Å². The number of benzene rings is 1. The predicted molar refractivity (Wildman–Crippen MR) is 57.9 cm³/mol. The Morgan fingerprint density at radius 2 is 1.67 bits per heavy atom. The molecule has 3 N–H and O–H groups in total. The lowest BCUT2D eigenvalue weighted by Gasteiger charge is -2.23. The van der Waals surface area contributed by atoms with Crippen LogP contribution in [0.2, 0.25) is 0 Å².